The average Bonchev–Trinajstić information content (AvgIpc) is 3.42. The predicted octanol–water partition coefficient (Wildman–Crippen LogP) is 1.26. The first-order valence-electron chi connectivity index (χ1n) is 14.2. The SMILES string of the molecule is COc1cc2ccc1CNC(=O)CCc1ccc(OC)c(c1)OCC(=O)N[C@@H]1CN(C(=O)CN3CCOC3=O)CC[C@@H]1O2. The van der Waals surface area contributed by atoms with Crippen LogP contribution in [-0.2, 0) is 32.1 Å². The lowest BCUT2D eigenvalue weighted by Gasteiger charge is -2.39. The zero-order valence-electron chi connectivity index (χ0n) is 24.3. The third-order valence-corrected chi connectivity index (χ3v) is 7.67. The van der Waals surface area contributed by atoms with Crippen LogP contribution >= 0.6 is 0 Å². The van der Waals surface area contributed by atoms with Gasteiger partial charge in [0.1, 0.15) is 30.8 Å². The number of fused-ring (bicyclic) bond motifs is 9. The summed E-state index contributed by atoms with van der Waals surface area (Å²) in [5.41, 5.74) is 1.63. The molecule has 2 N–H and O–H groups in total. The molecule has 0 spiro atoms. The van der Waals surface area contributed by atoms with Crippen molar-refractivity contribution in [3.63, 3.8) is 0 Å². The van der Waals surface area contributed by atoms with Gasteiger partial charge in [-0.1, -0.05) is 6.07 Å². The van der Waals surface area contributed by atoms with Gasteiger partial charge in [-0.3, -0.25) is 19.3 Å². The van der Waals surface area contributed by atoms with Gasteiger partial charge in [0.05, 0.1) is 26.8 Å². The van der Waals surface area contributed by atoms with Crippen molar-refractivity contribution < 1.29 is 42.9 Å². The molecule has 2 fully saturated rings. The standard InChI is InChI=1S/C30H36N4O9/c1-39-24-7-3-19-4-8-27(35)31-15-20-5-6-21(14-25(20)40-2)43-23-9-10-33(29(37)17-34-11-12-41-30(34)38)16-22(23)32-28(36)18-42-26(24)13-19/h3,5-7,13-14,22-23H,4,8-12,15-18H2,1-2H3,(H,31,35)(H,32,36)/t22-,23+/m1/s1. The van der Waals surface area contributed by atoms with Crippen LogP contribution in [0, 0.1) is 0 Å². The second-order valence-electron chi connectivity index (χ2n) is 10.5. The number of nitrogens with one attached hydrogen (secondary N) is 2. The number of piperidine rings is 1. The lowest BCUT2D eigenvalue weighted by molar-refractivity contribution is -0.136. The van der Waals surface area contributed by atoms with Gasteiger partial charge in [-0.2, -0.15) is 0 Å². The molecule has 2 aromatic carbocycles. The topological polar surface area (TPSA) is 145 Å². The van der Waals surface area contributed by atoms with E-state index < -0.39 is 24.1 Å². The molecule has 0 aliphatic carbocycles. The van der Waals surface area contributed by atoms with Crippen LogP contribution in [0.15, 0.2) is 36.4 Å². The fourth-order valence-electron chi connectivity index (χ4n) is 5.31. The molecular weight excluding hydrogens is 560 g/mol. The first-order chi connectivity index (χ1) is 20.8. The Kier molecular flexibility index (Phi) is 9.38. The van der Waals surface area contributed by atoms with E-state index in [1.807, 2.05) is 12.1 Å². The minimum Gasteiger partial charge on any atom is -0.496 e. The average molecular weight is 597 g/mol. The second kappa shape index (κ2) is 13.5. The smallest absolute Gasteiger partial charge is 0.410 e. The van der Waals surface area contributed by atoms with Crippen molar-refractivity contribution in [1.82, 2.24) is 20.4 Å². The number of aryl methyl sites for hydroxylation is 1. The van der Waals surface area contributed by atoms with Crippen molar-refractivity contribution in [2.75, 3.05) is 53.6 Å². The molecule has 4 heterocycles. The zero-order chi connectivity index (χ0) is 30.3. The molecule has 4 bridgehead atoms. The van der Waals surface area contributed by atoms with Crippen LogP contribution in [0.25, 0.3) is 0 Å². The zero-order valence-corrected chi connectivity index (χ0v) is 24.3. The van der Waals surface area contributed by atoms with Crippen LogP contribution in [0.2, 0.25) is 0 Å². The molecule has 13 nitrogen and oxygen atoms in total. The fourth-order valence-corrected chi connectivity index (χ4v) is 5.31. The third kappa shape index (κ3) is 7.40. The summed E-state index contributed by atoms with van der Waals surface area (Å²) in [5.74, 6) is 1.13. The largest absolute Gasteiger partial charge is 0.496 e. The van der Waals surface area contributed by atoms with Gasteiger partial charge in [-0.15, -0.1) is 0 Å². The number of hydrogen-bond acceptors (Lipinski definition) is 9. The second-order valence-corrected chi connectivity index (χ2v) is 10.5. The third-order valence-electron chi connectivity index (χ3n) is 7.67. The molecule has 230 valence electrons. The summed E-state index contributed by atoms with van der Waals surface area (Å²) in [6.45, 7) is 1.04. The van der Waals surface area contributed by atoms with Crippen LogP contribution < -0.4 is 29.6 Å². The summed E-state index contributed by atoms with van der Waals surface area (Å²) >= 11 is 0. The van der Waals surface area contributed by atoms with Gasteiger partial charge in [0.2, 0.25) is 11.8 Å². The number of benzene rings is 2. The van der Waals surface area contributed by atoms with Gasteiger partial charge >= 0.3 is 6.09 Å². The van der Waals surface area contributed by atoms with Gasteiger partial charge in [-0.25, -0.2) is 4.79 Å². The van der Waals surface area contributed by atoms with Crippen molar-refractivity contribution >= 4 is 23.8 Å². The van der Waals surface area contributed by atoms with E-state index in [0.29, 0.717) is 48.9 Å². The monoisotopic (exact) mass is 596 g/mol. The Bertz CT molecular complexity index is 1370. The molecule has 0 radical (unpaired) electrons. The highest BCUT2D eigenvalue weighted by atomic mass is 16.6. The quantitative estimate of drug-likeness (QED) is 0.533. The number of ether oxygens (including phenoxy) is 5. The molecule has 0 saturated carbocycles. The lowest BCUT2D eigenvalue weighted by Crippen LogP contribution is -2.59. The Morgan fingerprint density at radius 2 is 1.81 bits per heavy atom. The van der Waals surface area contributed by atoms with E-state index in [9.17, 15) is 19.2 Å². The highest BCUT2D eigenvalue weighted by molar-refractivity contribution is 5.83. The highest BCUT2D eigenvalue weighted by Gasteiger charge is 2.36. The van der Waals surface area contributed by atoms with Crippen molar-refractivity contribution in [2.45, 2.75) is 38.0 Å². The number of amides is 4. The number of cyclic esters (lactones) is 1. The molecular formula is C30H36N4O9. The van der Waals surface area contributed by atoms with Crippen molar-refractivity contribution in [3.05, 3.63) is 47.5 Å². The molecule has 6 rings (SSSR count). The number of methoxy groups -OCH3 is 2. The summed E-state index contributed by atoms with van der Waals surface area (Å²) in [5, 5.41) is 5.91. The molecule has 13 heteroatoms. The summed E-state index contributed by atoms with van der Waals surface area (Å²) in [6, 6.07) is 10.1. The van der Waals surface area contributed by atoms with Crippen LogP contribution in [0.5, 0.6) is 23.0 Å². The van der Waals surface area contributed by atoms with Gasteiger partial charge in [-0.05, 0) is 36.2 Å². The molecule has 43 heavy (non-hydrogen) atoms. The van der Waals surface area contributed by atoms with Crippen molar-refractivity contribution in [3.8, 4) is 23.0 Å². The maximum absolute atomic E-state index is 13.2. The molecule has 0 unspecified atom stereocenters. The molecule has 4 amide bonds. The number of carbonyl (C=O) groups excluding carboxylic acids is 4. The van der Waals surface area contributed by atoms with Gasteiger partial charge in [0.15, 0.2) is 18.1 Å². The first kappa shape index (κ1) is 29.8. The Balaban J connectivity index is 1.38. The van der Waals surface area contributed by atoms with Crippen molar-refractivity contribution in [2.24, 2.45) is 0 Å². The lowest BCUT2D eigenvalue weighted by atomic mass is 10.0. The highest BCUT2D eigenvalue weighted by Crippen LogP contribution is 2.30. The van der Waals surface area contributed by atoms with E-state index in [0.717, 1.165) is 11.1 Å². The summed E-state index contributed by atoms with van der Waals surface area (Å²) in [4.78, 5) is 53.7. The molecule has 4 aliphatic rings. The number of rotatable bonds is 4. The summed E-state index contributed by atoms with van der Waals surface area (Å²) in [7, 11) is 3.05. The number of likely N-dealkylation sites (tertiary alicyclic amines) is 1. The van der Waals surface area contributed by atoms with E-state index >= 15 is 0 Å². The number of carbonyl (C=O) groups is 4. The van der Waals surface area contributed by atoms with Crippen LogP contribution in [-0.4, -0.2) is 99.4 Å². The minimum absolute atomic E-state index is 0.0977. The van der Waals surface area contributed by atoms with E-state index in [4.69, 9.17) is 23.7 Å². The van der Waals surface area contributed by atoms with E-state index in [-0.39, 0.29) is 51.1 Å². The maximum atomic E-state index is 13.2. The predicted molar refractivity (Wildman–Crippen MR) is 152 cm³/mol. The maximum Gasteiger partial charge on any atom is 0.410 e. The molecule has 2 aromatic rings. The van der Waals surface area contributed by atoms with Gasteiger partial charge in [0.25, 0.3) is 5.91 Å². The molecule has 4 aliphatic heterocycles. The number of hydrogen-bond donors (Lipinski definition) is 2. The Hall–Kier alpha value is -4.68. The molecule has 0 aromatic heterocycles. The minimum atomic E-state index is -0.570. The van der Waals surface area contributed by atoms with Crippen LogP contribution in [0.4, 0.5) is 4.79 Å². The van der Waals surface area contributed by atoms with Crippen LogP contribution in [0.3, 0.4) is 0 Å². The van der Waals surface area contributed by atoms with Crippen molar-refractivity contribution in [1.29, 1.82) is 0 Å². The molecule has 2 saturated heterocycles. The summed E-state index contributed by atoms with van der Waals surface area (Å²) < 4.78 is 28.1. The van der Waals surface area contributed by atoms with Gasteiger partial charge < -0.3 is 39.2 Å². The Morgan fingerprint density at radius 1 is 0.977 bits per heavy atom. The van der Waals surface area contributed by atoms with E-state index in [2.05, 4.69) is 10.6 Å². The van der Waals surface area contributed by atoms with Crippen LogP contribution in [0.1, 0.15) is 24.0 Å². The first-order valence-corrected chi connectivity index (χ1v) is 14.2. The Labute approximate surface area is 249 Å². The normalized spacial score (nSPS) is 21.1. The Morgan fingerprint density at radius 3 is 2.58 bits per heavy atom. The number of nitrogens with zero attached hydrogens (tertiary/aromatic N) is 2. The van der Waals surface area contributed by atoms with E-state index in [1.54, 1.807) is 36.3 Å². The van der Waals surface area contributed by atoms with E-state index in [1.165, 1.54) is 12.0 Å². The molecule has 2 atom stereocenters. The van der Waals surface area contributed by atoms with Gasteiger partial charge in [0, 0.05) is 44.1 Å². The fraction of sp³-hybridized carbons (Fsp3) is 0.467. The summed E-state index contributed by atoms with van der Waals surface area (Å²) in [6.07, 6.45) is 0.163.